The molecule has 0 aromatic carbocycles. The molecule has 0 amide bonds. The number of hydrogen-bond acceptors (Lipinski definition) is 3. The van der Waals surface area contributed by atoms with E-state index in [1.54, 1.807) is 0 Å². The second-order valence-electron chi connectivity index (χ2n) is 6.68. The van der Waals surface area contributed by atoms with Crippen LogP contribution in [0, 0.1) is 0 Å². The Bertz CT molecular complexity index is 305. The zero-order valence-corrected chi connectivity index (χ0v) is 15.0. The third-order valence-corrected chi connectivity index (χ3v) is 4.32. The molecule has 4 heteroatoms. The fourth-order valence-corrected chi connectivity index (χ4v) is 2.77. The van der Waals surface area contributed by atoms with E-state index in [1.807, 2.05) is 0 Å². The number of unbranched alkanes of at least 4 members (excludes halogenated alkanes) is 12. The van der Waals surface area contributed by atoms with Gasteiger partial charge in [-0.25, -0.2) is 0 Å². The van der Waals surface area contributed by atoms with Gasteiger partial charge in [-0.05, 0) is 6.42 Å². The number of Topliss-reactive ketones (excluding diaryl/α,β-unsaturated/α-hetero) is 1. The van der Waals surface area contributed by atoms with Crippen molar-refractivity contribution in [2.45, 2.75) is 109 Å². The summed E-state index contributed by atoms with van der Waals surface area (Å²) in [7, 11) is 0. The molecule has 0 heterocycles. The molecule has 0 rings (SSSR count). The smallest absolute Gasteiger partial charge is 0.320 e. The van der Waals surface area contributed by atoms with E-state index in [0.29, 0.717) is 6.42 Å². The number of carboxylic acids is 1. The van der Waals surface area contributed by atoms with Crippen molar-refractivity contribution in [3.63, 3.8) is 0 Å². The molecule has 0 radical (unpaired) electrons. The number of carbonyl (C=O) groups is 2. The van der Waals surface area contributed by atoms with Gasteiger partial charge in [0, 0.05) is 12.8 Å². The summed E-state index contributed by atoms with van der Waals surface area (Å²) in [4.78, 5) is 22.1. The third-order valence-electron chi connectivity index (χ3n) is 4.32. The average molecular weight is 328 g/mol. The predicted octanol–water partition coefficient (Wildman–Crippen LogP) is 4.84. The predicted molar refractivity (Wildman–Crippen MR) is 95.5 cm³/mol. The highest BCUT2D eigenvalue weighted by atomic mass is 16.4. The lowest BCUT2D eigenvalue weighted by molar-refractivity contribution is -0.140. The molecule has 23 heavy (non-hydrogen) atoms. The van der Waals surface area contributed by atoms with Crippen LogP contribution < -0.4 is 5.73 Å². The SMILES string of the molecule is CCCCCCCCCCCCCCCC(=O)C[C@@H](N)C(=O)O. The van der Waals surface area contributed by atoms with E-state index < -0.39 is 12.0 Å². The minimum absolute atomic E-state index is 0.0250. The molecular weight excluding hydrogens is 290 g/mol. The van der Waals surface area contributed by atoms with Crippen molar-refractivity contribution < 1.29 is 14.7 Å². The normalized spacial score (nSPS) is 12.3. The molecule has 4 nitrogen and oxygen atoms in total. The Morgan fingerprint density at radius 3 is 1.57 bits per heavy atom. The summed E-state index contributed by atoms with van der Waals surface area (Å²) in [5.41, 5.74) is 5.34. The van der Waals surface area contributed by atoms with Gasteiger partial charge in [-0.3, -0.25) is 9.59 Å². The molecule has 0 fully saturated rings. The van der Waals surface area contributed by atoms with Crippen molar-refractivity contribution in [2.75, 3.05) is 0 Å². The van der Waals surface area contributed by atoms with Crippen LogP contribution >= 0.6 is 0 Å². The Morgan fingerprint density at radius 2 is 1.17 bits per heavy atom. The average Bonchev–Trinajstić information content (AvgIpc) is 2.51. The van der Waals surface area contributed by atoms with Crippen molar-refractivity contribution in [1.82, 2.24) is 0 Å². The maximum atomic E-state index is 11.5. The first-order valence-electron chi connectivity index (χ1n) is 9.58. The Morgan fingerprint density at radius 1 is 0.783 bits per heavy atom. The molecule has 3 N–H and O–H groups in total. The molecular formula is C19H37NO3. The van der Waals surface area contributed by atoms with Crippen LogP contribution in [0.15, 0.2) is 0 Å². The molecule has 0 unspecified atom stereocenters. The van der Waals surface area contributed by atoms with Crippen molar-refractivity contribution in [3.05, 3.63) is 0 Å². The second-order valence-corrected chi connectivity index (χ2v) is 6.68. The van der Waals surface area contributed by atoms with Crippen LogP contribution in [-0.2, 0) is 9.59 Å². The van der Waals surface area contributed by atoms with E-state index in [4.69, 9.17) is 10.8 Å². The van der Waals surface area contributed by atoms with Gasteiger partial charge in [0.05, 0.1) is 0 Å². The molecule has 0 aliphatic heterocycles. The van der Waals surface area contributed by atoms with E-state index in [9.17, 15) is 9.59 Å². The van der Waals surface area contributed by atoms with Gasteiger partial charge in [-0.15, -0.1) is 0 Å². The maximum Gasteiger partial charge on any atom is 0.320 e. The van der Waals surface area contributed by atoms with Crippen LogP contribution in [0.5, 0.6) is 0 Å². The van der Waals surface area contributed by atoms with Crippen LogP contribution in [0.4, 0.5) is 0 Å². The van der Waals surface area contributed by atoms with Gasteiger partial charge < -0.3 is 10.8 Å². The molecule has 0 aromatic heterocycles. The van der Waals surface area contributed by atoms with Crippen LogP contribution in [0.3, 0.4) is 0 Å². The summed E-state index contributed by atoms with van der Waals surface area (Å²) >= 11 is 0. The number of ketones is 1. The Kier molecular flexibility index (Phi) is 15.4. The highest BCUT2D eigenvalue weighted by molar-refractivity contribution is 5.85. The van der Waals surface area contributed by atoms with Gasteiger partial charge >= 0.3 is 5.97 Å². The van der Waals surface area contributed by atoms with Gasteiger partial charge in [0.2, 0.25) is 0 Å². The van der Waals surface area contributed by atoms with E-state index in [1.165, 1.54) is 70.6 Å². The van der Waals surface area contributed by atoms with E-state index in [0.717, 1.165) is 12.8 Å². The van der Waals surface area contributed by atoms with Crippen LogP contribution in [-0.4, -0.2) is 22.9 Å². The second kappa shape index (κ2) is 16.0. The number of carbonyl (C=O) groups excluding carboxylic acids is 1. The lowest BCUT2D eigenvalue weighted by atomic mass is 10.0. The lowest BCUT2D eigenvalue weighted by Gasteiger charge is -2.05. The number of hydrogen-bond donors (Lipinski definition) is 2. The lowest BCUT2D eigenvalue weighted by Crippen LogP contribution is -2.32. The standard InChI is InChI=1S/C19H37NO3/c1-2-3-4-5-6-7-8-9-10-11-12-13-14-15-17(21)16-18(20)19(22)23/h18H,2-16,20H2,1H3,(H,22,23)/t18-/m1/s1. The van der Waals surface area contributed by atoms with Gasteiger partial charge in [-0.1, -0.05) is 84.0 Å². The summed E-state index contributed by atoms with van der Waals surface area (Å²) in [5.74, 6) is -1.12. The van der Waals surface area contributed by atoms with E-state index in [-0.39, 0.29) is 12.2 Å². The highest BCUT2D eigenvalue weighted by Crippen LogP contribution is 2.13. The number of aliphatic carboxylic acids is 1. The van der Waals surface area contributed by atoms with E-state index in [2.05, 4.69) is 6.92 Å². The largest absolute Gasteiger partial charge is 0.480 e. The molecule has 0 aliphatic carbocycles. The monoisotopic (exact) mass is 327 g/mol. The molecule has 0 aliphatic rings. The first kappa shape index (κ1) is 22.1. The van der Waals surface area contributed by atoms with Crippen molar-refractivity contribution in [2.24, 2.45) is 5.73 Å². The number of carboxylic acid groups (broad SMARTS) is 1. The minimum Gasteiger partial charge on any atom is -0.480 e. The van der Waals surface area contributed by atoms with Crippen LogP contribution in [0.1, 0.15) is 103 Å². The van der Waals surface area contributed by atoms with Gasteiger partial charge in [0.15, 0.2) is 0 Å². The molecule has 0 saturated heterocycles. The summed E-state index contributed by atoms with van der Waals surface area (Å²) in [6.45, 7) is 2.25. The summed E-state index contributed by atoms with van der Waals surface area (Å²) in [6, 6.07) is -1.04. The molecule has 0 aromatic rings. The first-order chi connectivity index (χ1) is 11.1. The van der Waals surface area contributed by atoms with E-state index >= 15 is 0 Å². The number of rotatable bonds is 17. The summed E-state index contributed by atoms with van der Waals surface area (Å²) in [5, 5.41) is 8.64. The zero-order valence-electron chi connectivity index (χ0n) is 15.0. The molecule has 1 atom stereocenters. The van der Waals surface area contributed by atoms with Crippen molar-refractivity contribution in [1.29, 1.82) is 0 Å². The Balaban J connectivity index is 3.21. The zero-order chi connectivity index (χ0) is 17.3. The fraction of sp³-hybridized carbons (Fsp3) is 0.895. The fourth-order valence-electron chi connectivity index (χ4n) is 2.77. The minimum atomic E-state index is -1.09. The quantitative estimate of drug-likeness (QED) is 0.375. The number of nitrogens with two attached hydrogens (primary N) is 1. The maximum absolute atomic E-state index is 11.5. The van der Waals surface area contributed by atoms with Gasteiger partial charge in [0.1, 0.15) is 11.8 Å². The molecule has 0 saturated carbocycles. The topological polar surface area (TPSA) is 80.4 Å². The summed E-state index contributed by atoms with van der Waals surface area (Å²) < 4.78 is 0. The molecule has 0 bridgehead atoms. The first-order valence-corrected chi connectivity index (χ1v) is 9.58. The van der Waals surface area contributed by atoms with Gasteiger partial charge in [0.25, 0.3) is 0 Å². The van der Waals surface area contributed by atoms with Crippen molar-refractivity contribution in [3.8, 4) is 0 Å². The van der Waals surface area contributed by atoms with Gasteiger partial charge in [-0.2, -0.15) is 0 Å². The van der Waals surface area contributed by atoms with Crippen molar-refractivity contribution >= 4 is 11.8 Å². The Hall–Kier alpha value is -0.900. The molecule has 136 valence electrons. The third kappa shape index (κ3) is 15.8. The summed E-state index contributed by atoms with van der Waals surface area (Å²) in [6.07, 6.45) is 17.0. The van der Waals surface area contributed by atoms with Crippen LogP contribution in [0.25, 0.3) is 0 Å². The molecule has 0 spiro atoms. The Labute approximate surface area is 142 Å². The highest BCUT2D eigenvalue weighted by Gasteiger charge is 2.15. The van der Waals surface area contributed by atoms with Crippen LogP contribution in [0.2, 0.25) is 0 Å².